The average molecular weight is 672 g/mol. The molecule has 11 heteroatoms. The summed E-state index contributed by atoms with van der Waals surface area (Å²) in [7, 11) is -2.35. The molecule has 1 aromatic heterocycles. The normalized spacial score (nSPS) is 14.2. The Kier molecular flexibility index (Phi) is 9.86. The van der Waals surface area contributed by atoms with Gasteiger partial charge < -0.3 is 15.4 Å². The molecule has 3 N–H and O–H groups in total. The Labute approximate surface area is 278 Å². The van der Waals surface area contributed by atoms with Crippen molar-refractivity contribution in [2.45, 2.75) is 68.7 Å². The van der Waals surface area contributed by atoms with Gasteiger partial charge in [-0.1, -0.05) is 30.3 Å². The number of methoxy groups -OCH3 is 1. The highest BCUT2D eigenvalue weighted by molar-refractivity contribution is 7.89. The van der Waals surface area contributed by atoms with Crippen LogP contribution in [-0.2, 0) is 40.4 Å². The van der Waals surface area contributed by atoms with E-state index in [2.05, 4.69) is 15.4 Å². The Morgan fingerprint density at radius 2 is 1.51 bits per heavy atom. The van der Waals surface area contributed by atoms with E-state index in [1.807, 2.05) is 36.4 Å². The predicted octanol–water partition coefficient (Wildman–Crippen LogP) is 6.53. The molecule has 0 bridgehead atoms. The molecule has 0 unspecified atom stereocenters. The molecular formula is C36H37N3O6S2. The summed E-state index contributed by atoms with van der Waals surface area (Å²) in [4.78, 5) is 39.9. The summed E-state index contributed by atoms with van der Waals surface area (Å²) in [6.07, 6.45) is 7.89. The number of rotatable bonds is 12. The number of hydrogen-bond donors (Lipinski definition) is 3. The van der Waals surface area contributed by atoms with E-state index < -0.39 is 15.9 Å². The standard InChI is InChI=1S/C36H37N3O6S2/c1-45-36(42)25-16-12-23(13-17-25)6-4-7-24-14-18-27(19-15-24)37-34(41)32-30-10-2-3-11-31(30)46-35(32)38-33(40)26-8-5-9-29(22-26)47(43,44)39-28-20-21-28/h5,8-9,12-19,22,28,39H,2-4,6-7,10-11,20-21H2,1H3,(H,37,41)(H,38,40). The maximum atomic E-state index is 13.7. The fourth-order valence-corrected chi connectivity index (χ4v) is 8.37. The second-order valence-corrected chi connectivity index (χ2v) is 14.8. The number of benzene rings is 3. The van der Waals surface area contributed by atoms with Gasteiger partial charge in [0.05, 0.1) is 23.1 Å². The highest BCUT2D eigenvalue weighted by Gasteiger charge is 2.29. The fraction of sp³-hybridized carbons (Fsp3) is 0.306. The summed E-state index contributed by atoms with van der Waals surface area (Å²) < 4.78 is 32.9. The van der Waals surface area contributed by atoms with Gasteiger partial charge in [0.25, 0.3) is 11.8 Å². The number of sulfonamides is 1. The molecule has 0 aliphatic heterocycles. The first-order valence-corrected chi connectivity index (χ1v) is 18.2. The van der Waals surface area contributed by atoms with E-state index in [9.17, 15) is 22.8 Å². The van der Waals surface area contributed by atoms with Crippen LogP contribution in [-0.4, -0.2) is 39.4 Å². The first-order valence-electron chi connectivity index (χ1n) is 15.9. The van der Waals surface area contributed by atoms with Crippen molar-refractivity contribution in [1.82, 2.24) is 4.72 Å². The Morgan fingerprint density at radius 3 is 2.19 bits per heavy atom. The average Bonchev–Trinajstić information content (AvgIpc) is 3.81. The Morgan fingerprint density at radius 1 is 0.830 bits per heavy atom. The third-order valence-corrected chi connectivity index (χ3v) is 11.2. The van der Waals surface area contributed by atoms with Crippen molar-refractivity contribution in [1.29, 1.82) is 0 Å². The molecule has 2 aliphatic rings. The molecule has 6 rings (SSSR count). The topological polar surface area (TPSA) is 131 Å². The molecule has 9 nitrogen and oxygen atoms in total. The minimum atomic E-state index is -3.72. The first kappa shape index (κ1) is 32.6. The summed E-state index contributed by atoms with van der Waals surface area (Å²) in [5.41, 5.74) is 5.13. The number of carbonyl (C=O) groups is 3. The van der Waals surface area contributed by atoms with Gasteiger partial charge in [-0.25, -0.2) is 17.9 Å². The first-order chi connectivity index (χ1) is 22.7. The number of fused-ring (bicyclic) bond motifs is 1. The number of hydrogen-bond acceptors (Lipinski definition) is 7. The van der Waals surface area contributed by atoms with Crippen LogP contribution < -0.4 is 15.4 Å². The Balaban J connectivity index is 1.11. The predicted molar refractivity (Wildman–Crippen MR) is 183 cm³/mol. The van der Waals surface area contributed by atoms with Gasteiger partial charge >= 0.3 is 5.97 Å². The van der Waals surface area contributed by atoms with Crippen molar-refractivity contribution < 1.29 is 27.5 Å². The number of thiophene rings is 1. The number of anilines is 2. The second kappa shape index (κ2) is 14.2. The molecule has 0 spiro atoms. The van der Waals surface area contributed by atoms with Crippen LogP contribution in [0.4, 0.5) is 10.7 Å². The SMILES string of the molecule is COC(=O)c1ccc(CCCc2ccc(NC(=O)c3c(NC(=O)c4cccc(S(=O)(=O)NC5CC5)c4)sc4c3CCCC4)cc2)cc1. The lowest BCUT2D eigenvalue weighted by Crippen LogP contribution is -2.26. The zero-order chi connectivity index (χ0) is 33.0. The highest BCUT2D eigenvalue weighted by atomic mass is 32.2. The van der Waals surface area contributed by atoms with Crippen LogP contribution in [0.2, 0.25) is 0 Å². The second-order valence-electron chi connectivity index (χ2n) is 12.0. The Bertz CT molecular complexity index is 1900. The lowest BCUT2D eigenvalue weighted by atomic mass is 9.95. The summed E-state index contributed by atoms with van der Waals surface area (Å²) in [5.74, 6) is -1.10. The number of carbonyl (C=O) groups excluding carboxylic acids is 3. The fourth-order valence-electron chi connectivity index (χ4n) is 5.73. The van der Waals surface area contributed by atoms with Crippen molar-refractivity contribution in [3.63, 3.8) is 0 Å². The molecule has 0 atom stereocenters. The lowest BCUT2D eigenvalue weighted by molar-refractivity contribution is 0.0600. The summed E-state index contributed by atoms with van der Waals surface area (Å²) in [5, 5.41) is 6.41. The van der Waals surface area contributed by atoms with Gasteiger partial charge in [0.15, 0.2) is 0 Å². The molecule has 3 aromatic carbocycles. The smallest absolute Gasteiger partial charge is 0.337 e. The lowest BCUT2D eigenvalue weighted by Gasteiger charge is -2.14. The monoisotopic (exact) mass is 671 g/mol. The molecule has 1 saturated carbocycles. The summed E-state index contributed by atoms with van der Waals surface area (Å²) in [6, 6.07) is 21.1. The molecule has 0 saturated heterocycles. The van der Waals surface area contributed by atoms with E-state index in [1.165, 1.54) is 30.6 Å². The van der Waals surface area contributed by atoms with Gasteiger partial charge in [0, 0.05) is 22.2 Å². The maximum absolute atomic E-state index is 13.7. The molecule has 4 aromatic rings. The van der Waals surface area contributed by atoms with E-state index in [0.717, 1.165) is 79.4 Å². The number of esters is 1. The molecular weight excluding hydrogens is 635 g/mol. The zero-order valence-corrected chi connectivity index (χ0v) is 27.8. The van der Waals surface area contributed by atoms with Crippen LogP contribution >= 0.6 is 11.3 Å². The molecule has 0 radical (unpaired) electrons. The van der Waals surface area contributed by atoms with Crippen LogP contribution in [0.5, 0.6) is 0 Å². The van der Waals surface area contributed by atoms with Crippen molar-refractivity contribution in [2.75, 3.05) is 17.7 Å². The van der Waals surface area contributed by atoms with Crippen LogP contribution in [0.1, 0.15) is 84.7 Å². The minimum Gasteiger partial charge on any atom is -0.465 e. The number of aryl methyl sites for hydroxylation is 3. The van der Waals surface area contributed by atoms with E-state index in [4.69, 9.17) is 4.74 Å². The van der Waals surface area contributed by atoms with Crippen LogP contribution in [0.15, 0.2) is 77.7 Å². The number of amides is 2. The highest BCUT2D eigenvalue weighted by Crippen LogP contribution is 2.39. The van der Waals surface area contributed by atoms with Crippen molar-refractivity contribution in [3.05, 3.63) is 111 Å². The quantitative estimate of drug-likeness (QED) is 0.147. The molecule has 47 heavy (non-hydrogen) atoms. The van der Waals surface area contributed by atoms with E-state index in [-0.39, 0.29) is 28.4 Å². The summed E-state index contributed by atoms with van der Waals surface area (Å²) in [6.45, 7) is 0. The number of ether oxygens (including phenoxy) is 1. The van der Waals surface area contributed by atoms with Crippen molar-refractivity contribution in [2.24, 2.45) is 0 Å². The van der Waals surface area contributed by atoms with Crippen LogP contribution in [0, 0.1) is 0 Å². The zero-order valence-electron chi connectivity index (χ0n) is 26.1. The maximum Gasteiger partial charge on any atom is 0.337 e. The van der Waals surface area contributed by atoms with Crippen molar-refractivity contribution >= 4 is 49.8 Å². The summed E-state index contributed by atoms with van der Waals surface area (Å²) >= 11 is 1.42. The van der Waals surface area contributed by atoms with Crippen LogP contribution in [0.25, 0.3) is 0 Å². The van der Waals surface area contributed by atoms with E-state index in [0.29, 0.717) is 21.8 Å². The van der Waals surface area contributed by atoms with Crippen LogP contribution in [0.3, 0.4) is 0 Å². The van der Waals surface area contributed by atoms with Gasteiger partial charge in [-0.15, -0.1) is 11.3 Å². The molecule has 1 fully saturated rings. The van der Waals surface area contributed by atoms with Gasteiger partial charge in [0.2, 0.25) is 10.0 Å². The van der Waals surface area contributed by atoms with Gasteiger partial charge in [0.1, 0.15) is 5.00 Å². The largest absolute Gasteiger partial charge is 0.465 e. The number of nitrogens with one attached hydrogen (secondary N) is 3. The van der Waals surface area contributed by atoms with Gasteiger partial charge in [-0.05, 0) is 117 Å². The van der Waals surface area contributed by atoms with E-state index >= 15 is 0 Å². The third kappa shape index (κ3) is 7.98. The molecule has 2 amide bonds. The van der Waals surface area contributed by atoms with Gasteiger partial charge in [-0.2, -0.15) is 0 Å². The molecule has 1 heterocycles. The van der Waals surface area contributed by atoms with E-state index in [1.54, 1.807) is 24.3 Å². The minimum absolute atomic E-state index is 0.0400. The van der Waals surface area contributed by atoms with Crippen molar-refractivity contribution in [3.8, 4) is 0 Å². The third-order valence-electron chi connectivity index (χ3n) is 8.45. The Hall–Kier alpha value is -4.32. The molecule has 2 aliphatic carbocycles. The molecule has 244 valence electrons. The van der Waals surface area contributed by atoms with Gasteiger partial charge in [-0.3, -0.25) is 9.59 Å².